The van der Waals surface area contributed by atoms with Crippen molar-refractivity contribution < 1.29 is 4.74 Å². The molecule has 0 aliphatic carbocycles. The van der Waals surface area contributed by atoms with Crippen LogP contribution in [-0.4, -0.2) is 36.2 Å². The first-order valence-electron chi connectivity index (χ1n) is 8.39. The van der Waals surface area contributed by atoms with Gasteiger partial charge in [-0.05, 0) is 28.7 Å². The van der Waals surface area contributed by atoms with Crippen molar-refractivity contribution in [2.45, 2.75) is 32.2 Å². The second kappa shape index (κ2) is 6.81. The molecule has 1 fully saturated rings. The maximum atomic E-state index is 5.52. The van der Waals surface area contributed by atoms with Crippen LogP contribution in [0.15, 0.2) is 48.7 Å². The quantitative estimate of drug-likeness (QED) is 0.862. The summed E-state index contributed by atoms with van der Waals surface area (Å²) in [6, 6.07) is 15.4. The van der Waals surface area contributed by atoms with Crippen LogP contribution in [0.2, 0.25) is 0 Å². The van der Waals surface area contributed by atoms with Crippen LogP contribution in [0, 0.1) is 0 Å². The van der Waals surface area contributed by atoms with Gasteiger partial charge in [0.05, 0.1) is 24.9 Å². The summed E-state index contributed by atoms with van der Waals surface area (Å²) >= 11 is 0. The average molecular weight is 310 g/mol. The SMILES string of the molecule is CC(C)(C)c1ccc(C(c2ccccn2)N2CCOCC2)cc1. The lowest BCUT2D eigenvalue weighted by Gasteiger charge is -2.34. The topological polar surface area (TPSA) is 25.4 Å². The van der Waals surface area contributed by atoms with E-state index >= 15 is 0 Å². The summed E-state index contributed by atoms with van der Waals surface area (Å²) < 4.78 is 5.52. The van der Waals surface area contributed by atoms with Gasteiger partial charge in [0.25, 0.3) is 0 Å². The lowest BCUT2D eigenvalue weighted by atomic mass is 9.86. The van der Waals surface area contributed by atoms with E-state index in [1.165, 1.54) is 11.1 Å². The molecule has 1 aliphatic heterocycles. The Balaban J connectivity index is 1.94. The number of nitrogens with zero attached hydrogens (tertiary/aromatic N) is 2. The molecule has 0 bridgehead atoms. The standard InChI is InChI=1S/C20H26N2O/c1-20(2,3)17-9-7-16(8-10-17)19(18-6-4-5-11-21-18)22-12-14-23-15-13-22/h4-11,19H,12-15H2,1-3H3. The van der Waals surface area contributed by atoms with E-state index in [4.69, 9.17) is 4.74 Å². The van der Waals surface area contributed by atoms with E-state index in [1.54, 1.807) is 0 Å². The summed E-state index contributed by atoms with van der Waals surface area (Å²) in [7, 11) is 0. The molecule has 2 aromatic rings. The fourth-order valence-corrected chi connectivity index (χ4v) is 3.11. The van der Waals surface area contributed by atoms with Crippen LogP contribution in [0.5, 0.6) is 0 Å². The molecule has 3 nitrogen and oxygen atoms in total. The van der Waals surface area contributed by atoms with Gasteiger partial charge in [0, 0.05) is 19.3 Å². The number of benzene rings is 1. The molecule has 1 atom stereocenters. The Morgan fingerprint density at radius 2 is 1.70 bits per heavy atom. The minimum Gasteiger partial charge on any atom is -0.379 e. The van der Waals surface area contributed by atoms with Gasteiger partial charge in [-0.2, -0.15) is 0 Å². The van der Waals surface area contributed by atoms with Crippen molar-refractivity contribution in [2.75, 3.05) is 26.3 Å². The van der Waals surface area contributed by atoms with E-state index in [0.29, 0.717) is 0 Å². The predicted molar refractivity (Wildman–Crippen MR) is 93.6 cm³/mol. The van der Waals surface area contributed by atoms with Gasteiger partial charge in [-0.1, -0.05) is 51.1 Å². The Bertz CT molecular complexity index is 610. The molecule has 1 aromatic carbocycles. The molecule has 0 amide bonds. The van der Waals surface area contributed by atoms with Gasteiger partial charge in [-0.15, -0.1) is 0 Å². The molecule has 3 heteroatoms. The van der Waals surface area contributed by atoms with Gasteiger partial charge in [0.1, 0.15) is 0 Å². The summed E-state index contributed by atoms with van der Waals surface area (Å²) in [5.41, 5.74) is 3.96. The van der Waals surface area contributed by atoms with Gasteiger partial charge in [-0.3, -0.25) is 9.88 Å². The molecule has 2 heterocycles. The first-order chi connectivity index (χ1) is 11.1. The molecule has 0 saturated carbocycles. The molecular formula is C20H26N2O. The Kier molecular flexibility index (Phi) is 4.79. The van der Waals surface area contributed by atoms with Crippen molar-refractivity contribution in [2.24, 2.45) is 0 Å². The van der Waals surface area contributed by atoms with E-state index in [1.807, 2.05) is 12.3 Å². The van der Waals surface area contributed by atoms with Crippen molar-refractivity contribution in [1.29, 1.82) is 0 Å². The molecule has 122 valence electrons. The van der Waals surface area contributed by atoms with Crippen molar-refractivity contribution in [3.8, 4) is 0 Å². The monoisotopic (exact) mass is 310 g/mol. The number of pyridine rings is 1. The molecule has 1 aromatic heterocycles. The third-order valence-corrected chi connectivity index (χ3v) is 4.47. The summed E-state index contributed by atoms with van der Waals surface area (Å²) in [5.74, 6) is 0. The minimum atomic E-state index is 0.179. The summed E-state index contributed by atoms with van der Waals surface area (Å²) in [6.45, 7) is 10.2. The number of morpholine rings is 1. The van der Waals surface area contributed by atoms with Crippen LogP contribution in [0.4, 0.5) is 0 Å². The second-order valence-corrected chi connectivity index (χ2v) is 7.18. The summed E-state index contributed by atoms with van der Waals surface area (Å²) in [6.07, 6.45) is 1.88. The number of rotatable bonds is 3. The molecule has 0 spiro atoms. The average Bonchev–Trinajstić information content (AvgIpc) is 2.57. The van der Waals surface area contributed by atoms with E-state index in [2.05, 4.69) is 67.1 Å². The van der Waals surface area contributed by atoms with E-state index < -0.39 is 0 Å². The maximum Gasteiger partial charge on any atom is 0.0778 e. The van der Waals surface area contributed by atoms with E-state index in [0.717, 1.165) is 32.0 Å². The fourth-order valence-electron chi connectivity index (χ4n) is 3.11. The van der Waals surface area contributed by atoms with Gasteiger partial charge in [0.15, 0.2) is 0 Å². The van der Waals surface area contributed by atoms with Crippen LogP contribution in [0.3, 0.4) is 0 Å². The molecule has 23 heavy (non-hydrogen) atoms. The van der Waals surface area contributed by atoms with Crippen LogP contribution in [-0.2, 0) is 10.2 Å². The molecule has 3 rings (SSSR count). The molecular weight excluding hydrogens is 284 g/mol. The Hall–Kier alpha value is -1.71. The van der Waals surface area contributed by atoms with Gasteiger partial charge in [-0.25, -0.2) is 0 Å². The predicted octanol–water partition coefficient (Wildman–Crippen LogP) is 3.80. The number of ether oxygens (including phenoxy) is 1. The molecule has 0 radical (unpaired) electrons. The molecule has 1 aliphatic rings. The number of hydrogen-bond acceptors (Lipinski definition) is 3. The lowest BCUT2D eigenvalue weighted by Crippen LogP contribution is -2.39. The van der Waals surface area contributed by atoms with E-state index in [-0.39, 0.29) is 11.5 Å². The normalized spacial score (nSPS) is 17.9. The highest BCUT2D eigenvalue weighted by atomic mass is 16.5. The first-order valence-corrected chi connectivity index (χ1v) is 8.39. The summed E-state index contributed by atoms with van der Waals surface area (Å²) in [5, 5.41) is 0. The zero-order chi connectivity index (χ0) is 16.3. The third kappa shape index (κ3) is 3.80. The maximum absolute atomic E-state index is 5.52. The highest BCUT2D eigenvalue weighted by molar-refractivity contribution is 5.33. The van der Waals surface area contributed by atoms with Crippen molar-refractivity contribution in [3.63, 3.8) is 0 Å². The van der Waals surface area contributed by atoms with Gasteiger partial charge < -0.3 is 4.74 Å². The van der Waals surface area contributed by atoms with E-state index in [9.17, 15) is 0 Å². The fraction of sp³-hybridized carbons (Fsp3) is 0.450. The van der Waals surface area contributed by atoms with Crippen LogP contribution < -0.4 is 0 Å². The Labute approximate surface area is 139 Å². The Morgan fingerprint density at radius 3 is 2.26 bits per heavy atom. The molecule has 0 N–H and O–H groups in total. The van der Waals surface area contributed by atoms with Crippen LogP contribution >= 0.6 is 0 Å². The van der Waals surface area contributed by atoms with Crippen LogP contribution in [0.1, 0.15) is 43.6 Å². The minimum absolute atomic E-state index is 0.179. The zero-order valence-corrected chi connectivity index (χ0v) is 14.3. The highest BCUT2D eigenvalue weighted by Crippen LogP contribution is 2.30. The molecule has 1 unspecified atom stereocenters. The zero-order valence-electron chi connectivity index (χ0n) is 14.3. The number of aromatic nitrogens is 1. The Morgan fingerprint density at radius 1 is 1.00 bits per heavy atom. The smallest absolute Gasteiger partial charge is 0.0778 e. The van der Waals surface area contributed by atoms with Crippen LogP contribution in [0.25, 0.3) is 0 Å². The van der Waals surface area contributed by atoms with Gasteiger partial charge >= 0.3 is 0 Å². The largest absolute Gasteiger partial charge is 0.379 e. The molecule has 1 saturated heterocycles. The lowest BCUT2D eigenvalue weighted by molar-refractivity contribution is 0.0232. The third-order valence-electron chi connectivity index (χ3n) is 4.47. The highest BCUT2D eigenvalue weighted by Gasteiger charge is 2.25. The first kappa shape index (κ1) is 16.2. The van der Waals surface area contributed by atoms with Crippen molar-refractivity contribution in [3.05, 3.63) is 65.5 Å². The number of hydrogen-bond donors (Lipinski definition) is 0. The second-order valence-electron chi connectivity index (χ2n) is 7.18. The van der Waals surface area contributed by atoms with Crippen molar-refractivity contribution in [1.82, 2.24) is 9.88 Å². The van der Waals surface area contributed by atoms with Gasteiger partial charge in [0.2, 0.25) is 0 Å². The summed E-state index contributed by atoms with van der Waals surface area (Å²) in [4.78, 5) is 7.09. The van der Waals surface area contributed by atoms with Crippen molar-refractivity contribution >= 4 is 0 Å².